The highest BCUT2D eigenvalue weighted by Crippen LogP contribution is 2.34. The molecule has 1 aliphatic carbocycles. The molecule has 2 aromatic heterocycles. The zero-order valence-corrected chi connectivity index (χ0v) is 18.8. The summed E-state index contributed by atoms with van der Waals surface area (Å²) in [7, 11) is 1.64. The highest BCUT2D eigenvalue weighted by molar-refractivity contribution is 7.17. The molecule has 1 amide bonds. The maximum Gasteiger partial charge on any atom is 0.277 e. The first kappa shape index (κ1) is 20.5. The van der Waals surface area contributed by atoms with E-state index in [1.807, 2.05) is 25.7 Å². The number of hydrogen-bond donors (Lipinski definition) is 0. The van der Waals surface area contributed by atoms with Crippen molar-refractivity contribution in [3.63, 3.8) is 0 Å². The number of benzene rings is 1. The highest BCUT2D eigenvalue weighted by atomic mass is 32.1. The maximum atomic E-state index is 13.5. The van der Waals surface area contributed by atoms with Crippen LogP contribution < -0.4 is 5.56 Å². The van der Waals surface area contributed by atoms with Crippen LogP contribution in [-0.2, 0) is 13.6 Å². The van der Waals surface area contributed by atoms with Gasteiger partial charge in [0.2, 0.25) is 0 Å². The highest BCUT2D eigenvalue weighted by Gasteiger charge is 2.35. The predicted molar refractivity (Wildman–Crippen MR) is 119 cm³/mol. The van der Waals surface area contributed by atoms with Gasteiger partial charge in [-0.3, -0.25) is 9.59 Å². The Bertz CT molecular complexity index is 1170. The van der Waals surface area contributed by atoms with Crippen LogP contribution >= 0.6 is 11.3 Å². The second kappa shape index (κ2) is 7.80. The van der Waals surface area contributed by atoms with Gasteiger partial charge in [0.15, 0.2) is 0 Å². The summed E-state index contributed by atoms with van der Waals surface area (Å²) in [6.45, 7) is 8.25. The molecule has 2 heterocycles. The molecule has 1 aliphatic rings. The third-order valence-electron chi connectivity index (χ3n) is 5.65. The first-order valence-electron chi connectivity index (χ1n) is 10.1. The van der Waals surface area contributed by atoms with Crippen molar-refractivity contribution in [2.75, 3.05) is 0 Å². The number of aromatic nitrogens is 3. The number of carbonyl (C=O) groups excluding carboxylic acids is 1. The van der Waals surface area contributed by atoms with Crippen LogP contribution in [0.15, 0.2) is 29.1 Å². The van der Waals surface area contributed by atoms with E-state index >= 15 is 0 Å². The molecular formula is C23H26N4O2S. The quantitative estimate of drug-likeness (QED) is 0.625. The standard InChI is InChI=1S/C23H26N4O2S/c1-13-6-8-17(9-7-13)12-27(18-10-11-18)23(29)20-16(4)24-21(30-20)19-14(2)15(3)25-26(5)22(19)28/h6-9,18H,10-12H2,1-5H3. The van der Waals surface area contributed by atoms with Crippen LogP contribution in [0.2, 0.25) is 0 Å². The molecule has 0 unspecified atom stereocenters. The summed E-state index contributed by atoms with van der Waals surface area (Å²) < 4.78 is 1.34. The molecule has 1 saturated carbocycles. The van der Waals surface area contributed by atoms with Crippen molar-refractivity contribution in [1.29, 1.82) is 0 Å². The third kappa shape index (κ3) is 3.81. The molecule has 0 N–H and O–H groups in total. The van der Waals surface area contributed by atoms with Crippen molar-refractivity contribution in [1.82, 2.24) is 19.7 Å². The number of aryl methyl sites for hydroxylation is 4. The Balaban J connectivity index is 1.69. The van der Waals surface area contributed by atoms with Crippen LogP contribution in [0.25, 0.3) is 10.6 Å². The molecule has 30 heavy (non-hydrogen) atoms. The van der Waals surface area contributed by atoms with Crippen LogP contribution in [0.5, 0.6) is 0 Å². The van der Waals surface area contributed by atoms with E-state index in [1.165, 1.54) is 21.6 Å². The molecule has 0 saturated heterocycles. The molecule has 0 atom stereocenters. The molecule has 156 valence electrons. The lowest BCUT2D eigenvalue weighted by atomic mass is 10.1. The van der Waals surface area contributed by atoms with Gasteiger partial charge >= 0.3 is 0 Å². The number of nitrogens with zero attached hydrogens (tertiary/aromatic N) is 4. The minimum atomic E-state index is -0.190. The van der Waals surface area contributed by atoms with E-state index in [9.17, 15) is 9.59 Å². The lowest BCUT2D eigenvalue weighted by molar-refractivity contribution is 0.0734. The zero-order valence-electron chi connectivity index (χ0n) is 18.0. The molecule has 0 bridgehead atoms. The Hall–Kier alpha value is -2.80. The van der Waals surface area contributed by atoms with Crippen molar-refractivity contribution in [2.45, 2.75) is 53.1 Å². The van der Waals surface area contributed by atoms with E-state index in [2.05, 4.69) is 41.3 Å². The first-order chi connectivity index (χ1) is 14.3. The number of rotatable bonds is 5. The van der Waals surface area contributed by atoms with E-state index < -0.39 is 0 Å². The van der Waals surface area contributed by atoms with Crippen LogP contribution in [-0.4, -0.2) is 31.6 Å². The predicted octanol–water partition coefficient (Wildman–Crippen LogP) is 3.94. The van der Waals surface area contributed by atoms with Gasteiger partial charge in [0, 0.05) is 19.6 Å². The van der Waals surface area contributed by atoms with E-state index in [0.29, 0.717) is 27.7 Å². The average Bonchev–Trinajstić information content (AvgIpc) is 3.48. The van der Waals surface area contributed by atoms with E-state index in [1.54, 1.807) is 7.05 Å². The Morgan fingerprint density at radius 1 is 1.13 bits per heavy atom. The monoisotopic (exact) mass is 422 g/mol. The Labute approximate surface area is 180 Å². The molecule has 0 aliphatic heterocycles. The number of hydrogen-bond acceptors (Lipinski definition) is 5. The van der Waals surface area contributed by atoms with Crippen molar-refractivity contribution in [2.24, 2.45) is 7.05 Å². The van der Waals surface area contributed by atoms with Crippen molar-refractivity contribution in [3.8, 4) is 10.6 Å². The van der Waals surface area contributed by atoms with Crippen molar-refractivity contribution >= 4 is 17.2 Å². The summed E-state index contributed by atoms with van der Waals surface area (Å²) >= 11 is 1.31. The molecule has 1 fully saturated rings. The van der Waals surface area contributed by atoms with E-state index in [4.69, 9.17) is 0 Å². The summed E-state index contributed by atoms with van der Waals surface area (Å²) in [4.78, 5) is 33.4. The topological polar surface area (TPSA) is 68.1 Å². The van der Waals surface area contributed by atoms with Gasteiger partial charge < -0.3 is 4.90 Å². The van der Waals surface area contributed by atoms with Gasteiger partial charge in [-0.15, -0.1) is 11.3 Å². The number of amides is 1. The lowest BCUT2D eigenvalue weighted by Crippen LogP contribution is -2.32. The molecule has 6 nitrogen and oxygen atoms in total. The Morgan fingerprint density at radius 3 is 2.43 bits per heavy atom. The lowest BCUT2D eigenvalue weighted by Gasteiger charge is -2.22. The van der Waals surface area contributed by atoms with Gasteiger partial charge in [0.05, 0.1) is 17.0 Å². The fourth-order valence-electron chi connectivity index (χ4n) is 3.58. The molecule has 7 heteroatoms. The number of thiazole rings is 1. The van der Waals surface area contributed by atoms with Gasteiger partial charge in [-0.05, 0) is 51.7 Å². The van der Waals surface area contributed by atoms with Gasteiger partial charge in [0.25, 0.3) is 11.5 Å². The molecule has 1 aromatic carbocycles. The minimum absolute atomic E-state index is 0.000389. The average molecular weight is 423 g/mol. The number of carbonyl (C=O) groups is 1. The van der Waals surface area contributed by atoms with E-state index in [-0.39, 0.29) is 17.5 Å². The Morgan fingerprint density at radius 2 is 1.80 bits per heavy atom. The second-order valence-corrected chi connectivity index (χ2v) is 9.10. The first-order valence-corrected chi connectivity index (χ1v) is 11.0. The molecular weight excluding hydrogens is 396 g/mol. The van der Waals surface area contributed by atoms with Gasteiger partial charge in [-0.25, -0.2) is 9.67 Å². The van der Waals surface area contributed by atoms with Crippen LogP contribution in [0, 0.1) is 27.7 Å². The van der Waals surface area contributed by atoms with Crippen LogP contribution in [0.4, 0.5) is 0 Å². The molecule has 0 spiro atoms. The van der Waals surface area contributed by atoms with Crippen LogP contribution in [0.3, 0.4) is 0 Å². The minimum Gasteiger partial charge on any atom is -0.331 e. The van der Waals surface area contributed by atoms with Crippen LogP contribution in [0.1, 0.15) is 50.6 Å². The maximum absolute atomic E-state index is 13.5. The molecule has 0 radical (unpaired) electrons. The smallest absolute Gasteiger partial charge is 0.277 e. The molecule has 3 aromatic rings. The zero-order chi connectivity index (χ0) is 21.6. The van der Waals surface area contributed by atoms with Gasteiger partial charge in [-0.2, -0.15) is 5.10 Å². The Kier molecular flexibility index (Phi) is 5.32. The summed E-state index contributed by atoms with van der Waals surface area (Å²) in [5.41, 5.74) is 4.94. The summed E-state index contributed by atoms with van der Waals surface area (Å²) in [6, 6.07) is 8.59. The second-order valence-electron chi connectivity index (χ2n) is 8.10. The van der Waals surface area contributed by atoms with Crippen molar-refractivity contribution < 1.29 is 4.79 Å². The SMILES string of the molecule is Cc1ccc(CN(C(=O)c2sc(-c3c(C)c(C)nn(C)c3=O)nc2C)C2CC2)cc1. The third-order valence-corrected chi connectivity index (χ3v) is 6.82. The van der Waals surface area contributed by atoms with Gasteiger partial charge in [0.1, 0.15) is 9.88 Å². The van der Waals surface area contributed by atoms with Crippen molar-refractivity contribution in [3.05, 3.63) is 67.6 Å². The fourth-order valence-corrected chi connectivity index (χ4v) is 4.69. The summed E-state index contributed by atoms with van der Waals surface area (Å²) in [6.07, 6.45) is 2.07. The van der Waals surface area contributed by atoms with Gasteiger partial charge in [-0.1, -0.05) is 29.8 Å². The fraction of sp³-hybridized carbons (Fsp3) is 0.391. The summed E-state index contributed by atoms with van der Waals surface area (Å²) in [5, 5.41) is 4.83. The molecule has 4 rings (SSSR count). The largest absolute Gasteiger partial charge is 0.331 e. The summed E-state index contributed by atoms with van der Waals surface area (Å²) in [5.74, 6) is -0.000389. The van der Waals surface area contributed by atoms with E-state index in [0.717, 1.165) is 29.7 Å². The normalized spacial score (nSPS) is 13.5.